The molecule has 0 spiro atoms. The molecular weight excluding hydrogens is 294 g/mol. The third-order valence-corrected chi connectivity index (χ3v) is 4.14. The van der Waals surface area contributed by atoms with Crippen LogP contribution in [0.3, 0.4) is 0 Å². The lowest BCUT2D eigenvalue weighted by Crippen LogP contribution is -2.44. The van der Waals surface area contributed by atoms with Gasteiger partial charge >= 0.3 is 6.03 Å². The summed E-state index contributed by atoms with van der Waals surface area (Å²) in [7, 11) is 0. The molecule has 0 saturated carbocycles. The zero-order valence-corrected chi connectivity index (χ0v) is 12.9. The van der Waals surface area contributed by atoms with E-state index in [4.69, 9.17) is 5.11 Å². The summed E-state index contributed by atoms with van der Waals surface area (Å²) in [6.45, 7) is 1.94. The second-order valence-corrected chi connectivity index (χ2v) is 5.76. The van der Waals surface area contributed by atoms with Crippen LogP contribution in [-0.4, -0.2) is 50.7 Å². The molecule has 7 nitrogen and oxygen atoms in total. The normalized spacial score (nSPS) is 15.6. The van der Waals surface area contributed by atoms with Gasteiger partial charge in [0.25, 0.3) is 0 Å². The fourth-order valence-corrected chi connectivity index (χ4v) is 2.68. The number of amides is 2. The molecule has 7 heteroatoms. The van der Waals surface area contributed by atoms with Crippen molar-refractivity contribution in [1.82, 2.24) is 25.2 Å². The van der Waals surface area contributed by atoms with E-state index in [-0.39, 0.29) is 12.6 Å². The van der Waals surface area contributed by atoms with Crippen LogP contribution in [-0.2, 0) is 6.54 Å². The van der Waals surface area contributed by atoms with Crippen LogP contribution < -0.4 is 5.32 Å². The van der Waals surface area contributed by atoms with Crippen molar-refractivity contribution < 1.29 is 9.90 Å². The minimum Gasteiger partial charge on any atom is -0.396 e. The van der Waals surface area contributed by atoms with E-state index in [2.05, 4.69) is 15.6 Å². The second kappa shape index (κ2) is 7.23. The highest BCUT2D eigenvalue weighted by Crippen LogP contribution is 2.16. The number of benzene rings is 1. The molecular formula is C16H21N5O2. The average molecular weight is 315 g/mol. The Labute approximate surface area is 134 Å². The molecule has 1 aliphatic rings. The van der Waals surface area contributed by atoms with E-state index in [9.17, 15) is 4.79 Å². The predicted molar refractivity (Wildman–Crippen MR) is 85.0 cm³/mol. The van der Waals surface area contributed by atoms with Gasteiger partial charge in [0, 0.05) is 19.7 Å². The molecule has 1 aromatic carbocycles. The summed E-state index contributed by atoms with van der Waals surface area (Å²) in [5.41, 5.74) is 1.65. The van der Waals surface area contributed by atoms with Crippen molar-refractivity contribution in [3.63, 3.8) is 0 Å². The molecule has 0 atom stereocenters. The third kappa shape index (κ3) is 3.87. The quantitative estimate of drug-likeness (QED) is 0.887. The Morgan fingerprint density at radius 1 is 1.26 bits per heavy atom. The molecule has 3 rings (SSSR count). The third-order valence-electron chi connectivity index (χ3n) is 4.14. The molecule has 0 radical (unpaired) electrons. The topological polar surface area (TPSA) is 83.3 Å². The number of aliphatic hydroxyl groups excluding tert-OH is 1. The number of aromatic nitrogens is 3. The molecule has 0 unspecified atom stereocenters. The lowest BCUT2D eigenvalue weighted by molar-refractivity contribution is 0.137. The minimum absolute atomic E-state index is 0.0874. The number of urea groups is 1. The summed E-state index contributed by atoms with van der Waals surface area (Å²) < 4.78 is 1.69. The van der Waals surface area contributed by atoms with Crippen LogP contribution in [0, 0.1) is 5.92 Å². The Balaban J connectivity index is 1.51. The maximum atomic E-state index is 12.1. The van der Waals surface area contributed by atoms with Gasteiger partial charge < -0.3 is 15.3 Å². The van der Waals surface area contributed by atoms with Crippen LogP contribution in [0.2, 0.25) is 0 Å². The van der Waals surface area contributed by atoms with Crippen LogP contribution in [0.1, 0.15) is 18.5 Å². The Bertz CT molecular complexity index is 635. The summed E-state index contributed by atoms with van der Waals surface area (Å²) in [5.74, 6) is 0.324. The van der Waals surface area contributed by atoms with Gasteiger partial charge in [-0.05, 0) is 30.9 Å². The molecule has 2 heterocycles. The zero-order chi connectivity index (χ0) is 16.1. The molecule has 1 aromatic heterocycles. The lowest BCUT2D eigenvalue weighted by atomic mass is 9.98. The highest BCUT2D eigenvalue weighted by Gasteiger charge is 2.22. The van der Waals surface area contributed by atoms with Gasteiger partial charge in [-0.1, -0.05) is 23.4 Å². The summed E-state index contributed by atoms with van der Waals surface area (Å²) in [6, 6.07) is 9.63. The van der Waals surface area contributed by atoms with Gasteiger partial charge in [0.05, 0.1) is 18.4 Å². The summed E-state index contributed by atoms with van der Waals surface area (Å²) in [6.07, 6.45) is 3.52. The van der Waals surface area contributed by atoms with E-state index in [1.54, 1.807) is 9.58 Å². The number of piperidine rings is 1. The van der Waals surface area contributed by atoms with Crippen molar-refractivity contribution in [2.75, 3.05) is 19.7 Å². The van der Waals surface area contributed by atoms with Gasteiger partial charge in [-0.25, -0.2) is 9.48 Å². The Morgan fingerprint density at radius 2 is 2.00 bits per heavy atom. The number of likely N-dealkylation sites (tertiary alicyclic amines) is 1. The molecule has 0 aliphatic carbocycles. The maximum Gasteiger partial charge on any atom is 0.317 e. The highest BCUT2D eigenvalue weighted by molar-refractivity contribution is 5.74. The molecule has 2 aromatic rings. The van der Waals surface area contributed by atoms with Crippen LogP contribution in [0.15, 0.2) is 36.5 Å². The van der Waals surface area contributed by atoms with Gasteiger partial charge in [-0.15, -0.1) is 5.10 Å². The smallest absolute Gasteiger partial charge is 0.317 e. The Hall–Kier alpha value is -2.41. The number of para-hydroxylation sites is 1. The van der Waals surface area contributed by atoms with Crippen molar-refractivity contribution in [3.05, 3.63) is 42.2 Å². The first-order valence-electron chi connectivity index (χ1n) is 7.86. The molecule has 0 bridgehead atoms. The van der Waals surface area contributed by atoms with Gasteiger partial charge in [-0.2, -0.15) is 0 Å². The van der Waals surface area contributed by atoms with Gasteiger partial charge in [-0.3, -0.25) is 0 Å². The number of hydrogen-bond donors (Lipinski definition) is 2. The number of rotatable bonds is 4. The van der Waals surface area contributed by atoms with E-state index in [1.165, 1.54) is 0 Å². The maximum absolute atomic E-state index is 12.1. The molecule has 2 N–H and O–H groups in total. The fraction of sp³-hybridized carbons (Fsp3) is 0.438. The Kier molecular flexibility index (Phi) is 4.87. The number of hydrogen-bond acceptors (Lipinski definition) is 4. The number of nitrogens with one attached hydrogen (secondary N) is 1. The Morgan fingerprint density at radius 3 is 2.70 bits per heavy atom. The monoisotopic (exact) mass is 315 g/mol. The number of carbonyl (C=O) groups excluding carboxylic acids is 1. The standard InChI is InChI=1S/C16H21N5O2/c22-12-13-6-8-20(9-7-13)16(23)17-10-14-11-21(19-18-14)15-4-2-1-3-5-15/h1-5,11,13,22H,6-10,12H2,(H,17,23). The van der Waals surface area contributed by atoms with Crippen LogP contribution in [0.25, 0.3) is 5.69 Å². The first-order valence-corrected chi connectivity index (χ1v) is 7.86. The van der Waals surface area contributed by atoms with Gasteiger partial charge in [0.2, 0.25) is 0 Å². The van der Waals surface area contributed by atoms with Crippen molar-refractivity contribution in [2.45, 2.75) is 19.4 Å². The van der Waals surface area contributed by atoms with E-state index in [0.717, 1.165) is 18.5 Å². The first-order chi connectivity index (χ1) is 11.3. The molecule has 122 valence electrons. The van der Waals surface area contributed by atoms with Gasteiger partial charge in [0.15, 0.2) is 0 Å². The van der Waals surface area contributed by atoms with Crippen LogP contribution >= 0.6 is 0 Å². The largest absolute Gasteiger partial charge is 0.396 e. The van der Waals surface area contributed by atoms with Crippen molar-refractivity contribution in [2.24, 2.45) is 5.92 Å². The highest BCUT2D eigenvalue weighted by atomic mass is 16.3. The molecule has 1 aliphatic heterocycles. The van der Waals surface area contributed by atoms with Gasteiger partial charge in [0.1, 0.15) is 5.69 Å². The zero-order valence-electron chi connectivity index (χ0n) is 12.9. The molecule has 23 heavy (non-hydrogen) atoms. The second-order valence-electron chi connectivity index (χ2n) is 5.76. The number of nitrogens with zero attached hydrogens (tertiary/aromatic N) is 4. The fourth-order valence-electron chi connectivity index (χ4n) is 2.68. The predicted octanol–water partition coefficient (Wildman–Crippen LogP) is 1.18. The molecule has 1 fully saturated rings. The van der Waals surface area contributed by atoms with E-state index in [1.807, 2.05) is 36.5 Å². The summed E-state index contributed by atoms with van der Waals surface area (Å²) in [4.78, 5) is 13.9. The summed E-state index contributed by atoms with van der Waals surface area (Å²) >= 11 is 0. The van der Waals surface area contributed by atoms with Crippen LogP contribution in [0.4, 0.5) is 4.79 Å². The molecule has 2 amide bonds. The van der Waals surface area contributed by atoms with Crippen molar-refractivity contribution >= 4 is 6.03 Å². The van der Waals surface area contributed by atoms with Crippen LogP contribution in [0.5, 0.6) is 0 Å². The van der Waals surface area contributed by atoms with Crippen molar-refractivity contribution in [1.29, 1.82) is 0 Å². The number of aliphatic hydroxyl groups is 1. The van der Waals surface area contributed by atoms with Crippen molar-refractivity contribution in [3.8, 4) is 5.69 Å². The van der Waals surface area contributed by atoms with E-state index >= 15 is 0 Å². The molecule has 1 saturated heterocycles. The minimum atomic E-state index is -0.0874. The average Bonchev–Trinajstić information content (AvgIpc) is 3.09. The first kappa shape index (κ1) is 15.5. The van der Waals surface area contributed by atoms with E-state index < -0.39 is 0 Å². The number of carbonyl (C=O) groups is 1. The summed E-state index contributed by atoms with van der Waals surface area (Å²) in [5, 5.41) is 20.2. The lowest BCUT2D eigenvalue weighted by Gasteiger charge is -2.31. The SMILES string of the molecule is O=C(NCc1cn(-c2ccccc2)nn1)N1CCC(CO)CC1. The van der Waals surface area contributed by atoms with E-state index in [0.29, 0.717) is 31.2 Å².